The zero-order valence-electron chi connectivity index (χ0n) is 37.9. The predicted octanol–water partition coefficient (Wildman–Crippen LogP) is 14.9. The maximum atomic E-state index is 9.59. The van der Waals surface area contributed by atoms with E-state index in [2.05, 4.69) is 36.4 Å². The number of rotatable bonds is 7. The largest absolute Gasteiger partial charge is 0.455 e. The molecule has 0 radical (unpaired) electrons. The zero-order valence-corrected chi connectivity index (χ0v) is 28.9. The van der Waals surface area contributed by atoms with Gasteiger partial charge in [0.05, 0.1) is 18.0 Å². The van der Waals surface area contributed by atoms with Crippen molar-refractivity contribution in [1.29, 1.82) is 0 Å². The van der Waals surface area contributed by atoms with Gasteiger partial charge >= 0.3 is 0 Å². The van der Waals surface area contributed by atoms with Crippen molar-refractivity contribution in [2.45, 2.75) is 0 Å². The monoisotopic (exact) mass is 698 g/mol. The summed E-state index contributed by atoms with van der Waals surface area (Å²) in [5.74, 6) is 0. The number of para-hydroxylation sites is 1. The van der Waals surface area contributed by atoms with Crippen molar-refractivity contribution in [1.82, 2.24) is 0 Å². The van der Waals surface area contributed by atoms with E-state index >= 15 is 0 Å². The van der Waals surface area contributed by atoms with Crippen LogP contribution >= 0.6 is 0 Å². The first kappa shape index (κ1) is 23.4. The SMILES string of the molecule is [2H]c1c([2H])c([2H])c(-c2c([2H])c([2H])c(N(c3ccc(-c4cccc(-c5ccccc5)c4)cc3)c3ccccc3-c3cccc4oc5c6ccccc6ccc5c34)c([2H])c2[2H])c([2H])c1[2H]. The molecule has 2 heteroatoms. The molecule has 0 unspecified atom stereocenters. The third-order valence-electron chi connectivity index (χ3n) is 9.84. The Morgan fingerprint density at radius 3 is 1.87 bits per heavy atom. The molecule has 0 bridgehead atoms. The summed E-state index contributed by atoms with van der Waals surface area (Å²) in [4.78, 5) is 1.71. The average molecular weight is 699 g/mol. The van der Waals surface area contributed by atoms with Crippen molar-refractivity contribution >= 4 is 49.8 Å². The van der Waals surface area contributed by atoms with Gasteiger partial charge in [0.25, 0.3) is 0 Å². The van der Waals surface area contributed by atoms with E-state index in [1.807, 2.05) is 121 Å². The molecule has 2 nitrogen and oxygen atoms in total. The van der Waals surface area contributed by atoms with Crippen LogP contribution in [0.4, 0.5) is 17.1 Å². The van der Waals surface area contributed by atoms with E-state index in [0.717, 1.165) is 60.5 Å². The molecule has 0 aliphatic heterocycles. The normalized spacial score (nSPS) is 13.7. The van der Waals surface area contributed by atoms with Gasteiger partial charge in [0.2, 0.25) is 0 Å². The average Bonchev–Trinajstić information content (AvgIpc) is 3.72. The molecular weight excluding hydrogens is 655 g/mol. The van der Waals surface area contributed by atoms with Crippen LogP contribution in [0.1, 0.15) is 12.3 Å². The highest BCUT2D eigenvalue weighted by atomic mass is 16.3. The molecule has 0 saturated carbocycles. The second-order valence-corrected chi connectivity index (χ2v) is 13.0. The molecule has 0 N–H and O–H groups in total. The van der Waals surface area contributed by atoms with Gasteiger partial charge in [-0.1, -0.05) is 164 Å². The minimum absolute atomic E-state index is 0.0809. The number of hydrogen-bond acceptors (Lipinski definition) is 2. The summed E-state index contributed by atoms with van der Waals surface area (Å²) >= 11 is 0. The van der Waals surface area contributed by atoms with Gasteiger partial charge in [-0.3, -0.25) is 0 Å². The summed E-state index contributed by atoms with van der Waals surface area (Å²) in [5.41, 5.74) is 7.25. The number of furan rings is 1. The van der Waals surface area contributed by atoms with Gasteiger partial charge in [-0.25, -0.2) is 0 Å². The Hall–Kier alpha value is -7.16. The van der Waals surface area contributed by atoms with E-state index in [4.69, 9.17) is 11.3 Å². The van der Waals surface area contributed by atoms with E-state index in [-0.39, 0.29) is 11.3 Å². The third-order valence-corrected chi connectivity index (χ3v) is 9.84. The molecule has 1 aromatic heterocycles. The lowest BCUT2D eigenvalue weighted by atomic mass is 9.95. The molecule has 10 aromatic rings. The predicted molar refractivity (Wildman–Crippen MR) is 228 cm³/mol. The minimum atomic E-state index is -0.633. The van der Waals surface area contributed by atoms with E-state index < -0.39 is 59.9 Å². The maximum absolute atomic E-state index is 9.59. The molecule has 10 rings (SSSR count). The number of hydrogen-bond donors (Lipinski definition) is 0. The molecule has 0 saturated heterocycles. The number of fused-ring (bicyclic) bond motifs is 5. The van der Waals surface area contributed by atoms with Crippen LogP contribution in [0.5, 0.6) is 0 Å². The fraction of sp³-hybridized carbons (Fsp3) is 0. The Bertz CT molecular complexity index is 3400. The highest BCUT2D eigenvalue weighted by molar-refractivity contribution is 6.19. The second kappa shape index (κ2) is 13.4. The van der Waals surface area contributed by atoms with Crippen LogP contribution in [0.2, 0.25) is 0 Å². The molecule has 0 atom stereocenters. The molecule has 54 heavy (non-hydrogen) atoms. The molecule has 0 aliphatic carbocycles. The van der Waals surface area contributed by atoms with Crippen molar-refractivity contribution in [2.24, 2.45) is 0 Å². The Kier molecular flexibility index (Phi) is 5.82. The lowest BCUT2D eigenvalue weighted by Crippen LogP contribution is -2.11. The van der Waals surface area contributed by atoms with Gasteiger partial charge in [-0.05, 0) is 92.8 Å². The lowest BCUT2D eigenvalue weighted by Gasteiger charge is -2.28. The van der Waals surface area contributed by atoms with E-state index in [1.54, 1.807) is 4.90 Å². The first-order chi connectivity index (χ1) is 30.5. The van der Waals surface area contributed by atoms with Crippen LogP contribution in [0.25, 0.3) is 77.2 Å². The van der Waals surface area contributed by atoms with Gasteiger partial charge in [0.1, 0.15) is 11.2 Å². The van der Waals surface area contributed by atoms with Crippen LogP contribution in [-0.4, -0.2) is 0 Å². The van der Waals surface area contributed by atoms with Gasteiger partial charge in [-0.2, -0.15) is 0 Å². The lowest BCUT2D eigenvalue weighted by molar-refractivity contribution is 0.673. The second-order valence-electron chi connectivity index (χ2n) is 13.0. The number of nitrogens with zero attached hydrogens (tertiary/aromatic N) is 1. The van der Waals surface area contributed by atoms with Crippen molar-refractivity contribution in [3.8, 4) is 44.5 Å². The summed E-state index contributed by atoms with van der Waals surface area (Å²) in [7, 11) is 0. The molecule has 0 spiro atoms. The molecular formula is C52H35NO. The van der Waals surface area contributed by atoms with Crippen LogP contribution in [0.15, 0.2) is 217 Å². The fourth-order valence-electron chi connectivity index (χ4n) is 7.29. The molecule has 0 aliphatic rings. The van der Waals surface area contributed by atoms with E-state index in [0.29, 0.717) is 17.0 Å². The number of benzene rings is 9. The molecule has 0 fully saturated rings. The molecule has 0 amide bonds. The van der Waals surface area contributed by atoms with Crippen molar-refractivity contribution in [3.63, 3.8) is 0 Å². The number of anilines is 3. The quantitative estimate of drug-likeness (QED) is 0.165. The van der Waals surface area contributed by atoms with Crippen LogP contribution in [-0.2, 0) is 0 Å². The first-order valence-corrected chi connectivity index (χ1v) is 17.7. The minimum Gasteiger partial charge on any atom is -0.455 e. The van der Waals surface area contributed by atoms with Crippen molar-refractivity contribution in [2.75, 3.05) is 4.90 Å². The zero-order chi connectivity index (χ0) is 43.7. The van der Waals surface area contributed by atoms with Crippen LogP contribution in [0.3, 0.4) is 0 Å². The molecule has 1 heterocycles. The Morgan fingerprint density at radius 1 is 0.407 bits per heavy atom. The van der Waals surface area contributed by atoms with Gasteiger partial charge < -0.3 is 9.32 Å². The highest BCUT2D eigenvalue weighted by Crippen LogP contribution is 2.46. The van der Waals surface area contributed by atoms with Crippen molar-refractivity contribution in [3.05, 3.63) is 212 Å². The Labute approximate surface area is 327 Å². The van der Waals surface area contributed by atoms with Gasteiger partial charge in [-0.15, -0.1) is 0 Å². The van der Waals surface area contributed by atoms with E-state index in [9.17, 15) is 5.48 Å². The highest BCUT2D eigenvalue weighted by Gasteiger charge is 2.21. The summed E-state index contributed by atoms with van der Waals surface area (Å²) < 4.78 is 86.5. The van der Waals surface area contributed by atoms with E-state index in [1.165, 1.54) is 0 Å². The summed E-state index contributed by atoms with van der Waals surface area (Å²) in [6.07, 6.45) is 0. The van der Waals surface area contributed by atoms with Crippen LogP contribution < -0.4 is 4.90 Å². The Balaban J connectivity index is 1.21. The third kappa shape index (κ3) is 5.62. The Morgan fingerprint density at radius 2 is 1.06 bits per heavy atom. The fourth-order valence-corrected chi connectivity index (χ4v) is 7.29. The molecule has 9 aromatic carbocycles. The smallest absolute Gasteiger partial charge is 0.143 e. The standard InChI is InChI=1S/C52H35NO/c1-3-13-36(14-4-1)38-25-30-43(31-26-38)53(44-32-27-39(28-33-44)42-19-11-18-41(35-42)37-15-5-2-6-16-37)49-23-10-9-21-46(49)47-22-12-24-50-51(47)48-34-29-40-17-7-8-20-45(40)52(48)54-50/h1-35H/i1D,3D,4D,13D,14D,25D,26D,30D,31D. The van der Waals surface area contributed by atoms with Gasteiger partial charge in [0.15, 0.2) is 0 Å². The summed E-state index contributed by atoms with van der Waals surface area (Å²) in [6, 6.07) is 46.6. The molecule has 254 valence electrons. The summed E-state index contributed by atoms with van der Waals surface area (Å²) in [5, 5.41) is 3.80. The summed E-state index contributed by atoms with van der Waals surface area (Å²) in [6.45, 7) is 0. The van der Waals surface area contributed by atoms with Crippen LogP contribution in [0, 0.1) is 0 Å². The van der Waals surface area contributed by atoms with Crippen molar-refractivity contribution < 1.29 is 16.8 Å². The maximum Gasteiger partial charge on any atom is 0.143 e. The first-order valence-electron chi connectivity index (χ1n) is 22.2. The topological polar surface area (TPSA) is 16.4 Å². The van der Waals surface area contributed by atoms with Gasteiger partial charge in [0, 0.05) is 33.1 Å².